The lowest BCUT2D eigenvalue weighted by Crippen LogP contribution is -2.60. The minimum Gasteiger partial charge on any atom is -0.458 e. The number of fused-ring (bicyclic) bond motifs is 3. The first-order chi connectivity index (χ1) is 13.7. The molecule has 2 heterocycles. The van der Waals surface area contributed by atoms with E-state index in [0.29, 0.717) is 11.1 Å². The Labute approximate surface area is 169 Å². The molecule has 160 valence electrons. The van der Waals surface area contributed by atoms with Crippen LogP contribution in [0.15, 0.2) is 36.5 Å². The zero-order valence-electron chi connectivity index (χ0n) is 16.3. The first kappa shape index (κ1) is 20.7. The number of aliphatic hydroxyl groups excluding tert-OH is 4. The Bertz CT molecular complexity index is 745. The molecule has 4 aliphatic rings. The largest absolute Gasteiger partial charge is 0.458 e. The third-order valence-corrected chi connectivity index (χ3v) is 6.93. The van der Waals surface area contributed by atoms with Gasteiger partial charge in [-0.25, -0.2) is 4.79 Å². The number of rotatable bonds is 3. The molecule has 4 rings (SSSR count). The van der Waals surface area contributed by atoms with Crippen molar-refractivity contribution in [2.45, 2.75) is 62.7 Å². The second kappa shape index (κ2) is 7.30. The van der Waals surface area contributed by atoms with Crippen LogP contribution in [0.25, 0.3) is 0 Å². The van der Waals surface area contributed by atoms with Crippen molar-refractivity contribution in [2.24, 2.45) is 17.3 Å². The Hall–Kier alpha value is -1.55. The number of hydrogen-bond acceptors (Lipinski definition) is 8. The highest BCUT2D eigenvalue weighted by Crippen LogP contribution is 2.55. The average molecular weight is 408 g/mol. The van der Waals surface area contributed by atoms with Crippen LogP contribution in [0.1, 0.15) is 19.8 Å². The fraction of sp³-hybridized carbons (Fsp3) is 0.667. The molecular weight excluding hydrogens is 380 g/mol. The van der Waals surface area contributed by atoms with Crippen molar-refractivity contribution in [3.8, 4) is 0 Å². The molecule has 0 aromatic rings. The molecule has 2 aliphatic carbocycles. The van der Waals surface area contributed by atoms with Crippen molar-refractivity contribution < 1.29 is 39.4 Å². The highest BCUT2D eigenvalue weighted by atomic mass is 16.7. The molecule has 8 heteroatoms. The summed E-state index contributed by atoms with van der Waals surface area (Å²) in [6.07, 6.45) is -2.31. The Morgan fingerprint density at radius 2 is 1.97 bits per heavy atom. The standard InChI is InChI=1S/C21H28O8/c1-9-11-4-6-21(3)7-5-12(10(2)14(21)18(11)29-19(9)26)27-20-17(25)16(24)15(23)13(8-22)28-20/h5,7,11-18,20,22-25H,1-2,4,6,8H2,3H3. The van der Waals surface area contributed by atoms with Crippen LogP contribution in [-0.2, 0) is 19.0 Å². The molecule has 0 bridgehead atoms. The van der Waals surface area contributed by atoms with E-state index in [1.165, 1.54) is 0 Å². The van der Waals surface area contributed by atoms with E-state index in [1.54, 1.807) is 0 Å². The van der Waals surface area contributed by atoms with E-state index in [-0.39, 0.29) is 29.3 Å². The van der Waals surface area contributed by atoms with Crippen LogP contribution in [0.4, 0.5) is 0 Å². The summed E-state index contributed by atoms with van der Waals surface area (Å²) in [4.78, 5) is 12.1. The molecule has 2 saturated heterocycles. The van der Waals surface area contributed by atoms with E-state index in [4.69, 9.17) is 14.2 Å². The van der Waals surface area contributed by atoms with E-state index in [2.05, 4.69) is 20.1 Å². The second-order valence-electron chi connectivity index (χ2n) is 8.71. The molecule has 0 radical (unpaired) electrons. The first-order valence-corrected chi connectivity index (χ1v) is 9.91. The normalized spacial score (nSPS) is 49.6. The number of carbonyl (C=O) groups excluding carboxylic acids is 1. The molecule has 1 saturated carbocycles. The predicted octanol–water partition coefficient (Wildman–Crippen LogP) is -0.188. The summed E-state index contributed by atoms with van der Waals surface area (Å²) in [6.45, 7) is 9.64. The van der Waals surface area contributed by atoms with Gasteiger partial charge < -0.3 is 34.6 Å². The molecule has 3 fully saturated rings. The highest BCUT2D eigenvalue weighted by Gasteiger charge is 2.56. The maximum absolute atomic E-state index is 12.1. The van der Waals surface area contributed by atoms with Crippen LogP contribution in [0.3, 0.4) is 0 Å². The fourth-order valence-corrected chi connectivity index (χ4v) is 5.15. The Morgan fingerprint density at radius 1 is 1.24 bits per heavy atom. The van der Waals surface area contributed by atoms with Crippen LogP contribution in [-0.4, -0.2) is 75.9 Å². The zero-order valence-corrected chi connectivity index (χ0v) is 16.3. The molecule has 10 unspecified atom stereocenters. The van der Waals surface area contributed by atoms with Gasteiger partial charge >= 0.3 is 5.97 Å². The third kappa shape index (κ3) is 3.19. The highest BCUT2D eigenvalue weighted by molar-refractivity contribution is 5.91. The maximum atomic E-state index is 12.1. The SMILES string of the molecule is C=C1C(=O)OC2C1CCC1(C)C=CC(OC3OC(CO)C(O)C(O)C3O)C(=C)C21. The van der Waals surface area contributed by atoms with Gasteiger partial charge in [-0.3, -0.25) is 0 Å². The van der Waals surface area contributed by atoms with E-state index in [0.717, 1.165) is 12.8 Å². The third-order valence-electron chi connectivity index (χ3n) is 6.93. The van der Waals surface area contributed by atoms with Crippen LogP contribution in [0.2, 0.25) is 0 Å². The number of aliphatic hydroxyl groups is 4. The fourth-order valence-electron chi connectivity index (χ4n) is 5.15. The van der Waals surface area contributed by atoms with Crippen molar-refractivity contribution in [2.75, 3.05) is 6.61 Å². The number of allylic oxidation sites excluding steroid dienone is 1. The molecule has 4 N–H and O–H groups in total. The van der Waals surface area contributed by atoms with Gasteiger partial charge in [0.1, 0.15) is 36.6 Å². The molecule has 0 spiro atoms. The van der Waals surface area contributed by atoms with Gasteiger partial charge in [-0.1, -0.05) is 32.2 Å². The Kier molecular flexibility index (Phi) is 5.21. The van der Waals surface area contributed by atoms with Crippen LogP contribution in [0.5, 0.6) is 0 Å². The monoisotopic (exact) mass is 408 g/mol. The van der Waals surface area contributed by atoms with E-state index >= 15 is 0 Å². The number of ether oxygens (including phenoxy) is 3. The Morgan fingerprint density at radius 3 is 2.66 bits per heavy atom. The summed E-state index contributed by atoms with van der Waals surface area (Å²) in [7, 11) is 0. The molecule has 29 heavy (non-hydrogen) atoms. The lowest BCUT2D eigenvalue weighted by Gasteiger charge is -2.50. The van der Waals surface area contributed by atoms with Crippen molar-refractivity contribution in [1.82, 2.24) is 0 Å². The zero-order chi connectivity index (χ0) is 21.1. The summed E-state index contributed by atoms with van der Waals surface area (Å²) >= 11 is 0. The quantitative estimate of drug-likeness (QED) is 0.288. The number of hydrogen-bond donors (Lipinski definition) is 4. The van der Waals surface area contributed by atoms with Crippen molar-refractivity contribution in [3.63, 3.8) is 0 Å². The van der Waals surface area contributed by atoms with Gasteiger partial charge in [0.05, 0.1) is 6.61 Å². The minimum absolute atomic E-state index is 0.0586. The van der Waals surface area contributed by atoms with Crippen molar-refractivity contribution >= 4 is 5.97 Å². The summed E-state index contributed by atoms with van der Waals surface area (Å²) in [6, 6.07) is 0. The van der Waals surface area contributed by atoms with Crippen molar-refractivity contribution in [3.05, 3.63) is 36.5 Å². The van der Waals surface area contributed by atoms with E-state index in [9.17, 15) is 25.2 Å². The van der Waals surface area contributed by atoms with E-state index in [1.807, 2.05) is 12.2 Å². The Balaban J connectivity index is 1.56. The lowest BCUT2D eigenvalue weighted by molar-refractivity contribution is -0.306. The van der Waals surface area contributed by atoms with Gasteiger partial charge in [0, 0.05) is 17.4 Å². The van der Waals surface area contributed by atoms with Crippen LogP contribution >= 0.6 is 0 Å². The van der Waals surface area contributed by atoms with Gasteiger partial charge in [-0.15, -0.1) is 0 Å². The smallest absolute Gasteiger partial charge is 0.334 e. The number of esters is 1. The van der Waals surface area contributed by atoms with Gasteiger partial charge in [-0.05, 0) is 23.8 Å². The minimum atomic E-state index is -1.52. The van der Waals surface area contributed by atoms with Gasteiger partial charge in [0.15, 0.2) is 6.29 Å². The van der Waals surface area contributed by atoms with Crippen LogP contribution < -0.4 is 0 Å². The summed E-state index contributed by atoms with van der Waals surface area (Å²) in [5.74, 6) is -0.626. The van der Waals surface area contributed by atoms with Gasteiger partial charge in [0.25, 0.3) is 0 Å². The van der Waals surface area contributed by atoms with Gasteiger partial charge in [-0.2, -0.15) is 0 Å². The molecule has 10 atom stereocenters. The lowest BCUT2D eigenvalue weighted by atomic mass is 9.57. The molecule has 0 amide bonds. The summed E-state index contributed by atoms with van der Waals surface area (Å²) in [5.41, 5.74) is 0.924. The topological polar surface area (TPSA) is 126 Å². The molecular formula is C21H28O8. The van der Waals surface area contributed by atoms with Crippen LogP contribution in [0, 0.1) is 17.3 Å². The van der Waals surface area contributed by atoms with Crippen molar-refractivity contribution in [1.29, 1.82) is 0 Å². The average Bonchev–Trinajstić information content (AvgIpc) is 2.97. The summed E-state index contributed by atoms with van der Waals surface area (Å²) in [5, 5.41) is 39.6. The molecule has 8 nitrogen and oxygen atoms in total. The van der Waals surface area contributed by atoms with E-state index < -0.39 is 43.4 Å². The molecule has 0 aromatic heterocycles. The maximum Gasteiger partial charge on any atom is 0.334 e. The first-order valence-electron chi connectivity index (χ1n) is 9.91. The predicted molar refractivity (Wildman–Crippen MR) is 100 cm³/mol. The van der Waals surface area contributed by atoms with Gasteiger partial charge in [0.2, 0.25) is 0 Å². The number of carbonyl (C=O) groups is 1. The summed E-state index contributed by atoms with van der Waals surface area (Å²) < 4.78 is 17.0. The molecule has 0 aromatic carbocycles. The molecule has 2 aliphatic heterocycles. The second-order valence-corrected chi connectivity index (χ2v) is 8.71.